The maximum atomic E-state index is 5.49. The number of nitrogens with zero attached hydrogens (tertiary/aromatic N) is 1. The van der Waals surface area contributed by atoms with Crippen molar-refractivity contribution in [2.24, 2.45) is 0 Å². The van der Waals surface area contributed by atoms with E-state index in [9.17, 15) is 0 Å². The smallest absolute Gasteiger partial charge is 0.0594 e. The van der Waals surface area contributed by atoms with Gasteiger partial charge >= 0.3 is 0 Å². The zero-order chi connectivity index (χ0) is 11.3. The van der Waals surface area contributed by atoms with Gasteiger partial charge in [0.15, 0.2) is 0 Å². The average molecular weight is 214 g/mol. The van der Waals surface area contributed by atoms with Gasteiger partial charge in [-0.2, -0.15) is 0 Å². The van der Waals surface area contributed by atoms with Crippen LogP contribution in [0.1, 0.15) is 33.1 Å². The van der Waals surface area contributed by atoms with Crippen molar-refractivity contribution < 1.29 is 4.74 Å². The van der Waals surface area contributed by atoms with Gasteiger partial charge in [-0.25, -0.2) is 0 Å². The van der Waals surface area contributed by atoms with Crippen molar-refractivity contribution in [1.29, 1.82) is 0 Å². The summed E-state index contributed by atoms with van der Waals surface area (Å²) in [6.45, 7) is 7.04. The number of nitrogens with one attached hydrogen (secondary N) is 1. The normalized spacial score (nSPS) is 19.6. The van der Waals surface area contributed by atoms with Gasteiger partial charge in [-0.05, 0) is 47.2 Å². The first-order chi connectivity index (χ1) is 7.07. The van der Waals surface area contributed by atoms with Gasteiger partial charge in [0.1, 0.15) is 0 Å². The fourth-order valence-electron chi connectivity index (χ4n) is 2.05. The average Bonchev–Trinajstić information content (AvgIpc) is 2.06. The Hall–Kier alpha value is -0.120. The van der Waals surface area contributed by atoms with Crippen LogP contribution in [0.4, 0.5) is 0 Å². The second-order valence-corrected chi connectivity index (χ2v) is 5.07. The van der Waals surface area contributed by atoms with Crippen LogP contribution in [0, 0.1) is 0 Å². The van der Waals surface area contributed by atoms with Gasteiger partial charge in [-0.15, -0.1) is 0 Å². The highest BCUT2D eigenvalue weighted by Gasteiger charge is 2.38. The van der Waals surface area contributed by atoms with Gasteiger partial charge in [0.05, 0.1) is 12.7 Å². The minimum absolute atomic E-state index is 0.346. The summed E-state index contributed by atoms with van der Waals surface area (Å²) in [5.41, 5.74) is 0.428. The Morgan fingerprint density at radius 2 is 2.00 bits per heavy atom. The molecule has 0 heterocycles. The lowest BCUT2D eigenvalue weighted by Crippen LogP contribution is -2.56. The van der Waals surface area contributed by atoms with Gasteiger partial charge in [0, 0.05) is 18.6 Å². The minimum Gasteiger partial charge on any atom is -0.377 e. The zero-order valence-corrected chi connectivity index (χ0v) is 10.7. The Balaban J connectivity index is 2.08. The van der Waals surface area contributed by atoms with Crippen LogP contribution >= 0.6 is 0 Å². The van der Waals surface area contributed by atoms with Crippen LogP contribution in [-0.2, 0) is 4.74 Å². The molecule has 0 bridgehead atoms. The standard InChI is InChI=1S/C12H26N2O/c1-11(2)15-9-8-13-10-12(14(3)4)6-5-7-12/h11,13H,5-10H2,1-4H3. The maximum absolute atomic E-state index is 5.49. The second-order valence-electron chi connectivity index (χ2n) is 5.07. The van der Waals surface area contributed by atoms with Crippen LogP contribution in [0.25, 0.3) is 0 Å². The summed E-state index contributed by atoms with van der Waals surface area (Å²) in [7, 11) is 4.37. The molecule has 15 heavy (non-hydrogen) atoms. The lowest BCUT2D eigenvalue weighted by molar-refractivity contribution is 0.0503. The fourth-order valence-corrected chi connectivity index (χ4v) is 2.05. The quantitative estimate of drug-likeness (QED) is 0.650. The van der Waals surface area contributed by atoms with Gasteiger partial charge < -0.3 is 15.0 Å². The van der Waals surface area contributed by atoms with Gasteiger partial charge in [-0.3, -0.25) is 0 Å². The lowest BCUT2D eigenvalue weighted by Gasteiger charge is -2.47. The second kappa shape index (κ2) is 5.83. The monoisotopic (exact) mass is 214 g/mol. The summed E-state index contributed by atoms with van der Waals surface area (Å²) in [6, 6.07) is 0. The molecule has 3 nitrogen and oxygen atoms in total. The summed E-state index contributed by atoms with van der Waals surface area (Å²) in [5, 5.41) is 3.50. The molecule has 1 aliphatic rings. The van der Waals surface area contributed by atoms with Crippen molar-refractivity contribution in [1.82, 2.24) is 10.2 Å². The molecule has 0 aliphatic heterocycles. The van der Waals surface area contributed by atoms with Crippen molar-refractivity contribution in [3.8, 4) is 0 Å². The van der Waals surface area contributed by atoms with Crippen LogP contribution in [0.5, 0.6) is 0 Å². The van der Waals surface area contributed by atoms with Gasteiger partial charge in [0.25, 0.3) is 0 Å². The first-order valence-corrected chi connectivity index (χ1v) is 6.06. The molecular weight excluding hydrogens is 188 g/mol. The lowest BCUT2D eigenvalue weighted by atomic mass is 9.75. The van der Waals surface area contributed by atoms with E-state index in [1.807, 2.05) is 0 Å². The van der Waals surface area contributed by atoms with Crippen molar-refractivity contribution in [3.63, 3.8) is 0 Å². The minimum atomic E-state index is 0.346. The molecule has 1 rings (SSSR count). The van der Waals surface area contributed by atoms with Gasteiger partial charge in [-0.1, -0.05) is 0 Å². The maximum Gasteiger partial charge on any atom is 0.0594 e. The van der Waals surface area contributed by atoms with Crippen molar-refractivity contribution in [2.75, 3.05) is 33.8 Å². The third kappa shape index (κ3) is 3.74. The Morgan fingerprint density at radius 3 is 2.40 bits per heavy atom. The molecule has 90 valence electrons. The summed E-state index contributed by atoms with van der Waals surface area (Å²) in [5.74, 6) is 0. The molecule has 0 unspecified atom stereocenters. The molecule has 3 heteroatoms. The highest BCUT2D eigenvalue weighted by atomic mass is 16.5. The predicted octanol–water partition coefficient (Wildman–Crippen LogP) is 1.49. The van der Waals surface area contributed by atoms with Crippen molar-refractivity contribution in [3.05, 3.63) is 0 Å². The summed E-state index contributed by atoms with van der Waals surface area (Å²) in [4.78, 5) is 2.37. The van der Waals surface area contributed by atoms with Crippen LogP contribution in [0.2, 0.25) is 0 Å². The molecule has 0 amide bonds. The topological polar surface area (TPSA) is 24.5 Å². The highest BCUT2D eigenvalue weighted by Crippen LogP contribution is 2.35. The largest absolute Gasteiger partial charge is 0.377 e. The number of ether oxygens (including phenoxy) is 1. The Morgan fingerprint density at radius 1 is 1.33 bits per heavy atom. The molecular formula is C12H26N2O. The Labute approximate surface area is 94.2 Å². The molecule has 0 spiro atoms. The van der Waals surface area contributed by atoms with E-state index in [-0.39, 0.29) is 0 Å². The summed E-state index contributed by atoms with van der Waals surface area (Å²) in [6.07, 6.45) is 4.39. The first-order valence-electron chi connectivity index (χ1n) is 6.06. The van der Waals surface area contributed by atoms with Crippen LogP contribution in [0.3, 0.4) is 0 Å². The van der Waals surface area contributed by atoms with Crippen molar-refractivity contribution in [2.45, 2.75) is 44.8 Å². The molecule has 0 aromatic heterocycles. The van der Waals surface area contributed by atoms with E-state index >= 15 is 0 Å². The Bertz CT molecular complexity index is 176. The van der Waals surface area contributed by atoms with Crippen LogP contribution in [0.15, 0.2) is 0 Å². The molecule has 0 aromatic rings. The van der Waals surface area contributed by atoms with Crippen molar-refractivity contribution >= 4 is 0 Å². The van der Waals surface area contributed by atoms with Crippen LogP contribution < -0.4 is 5.32 Å². The molecule has 0 radical (unpaired) electrons. The summed E-state index contributed by atoms with van der Waals surface area (Å²) >= 11 is 0. The van der Waals surface area contributed by atoms with E-state index in [4.69, 9.17) is 4.74 Å². The van der Waals surface area contributed by atoms with E-state index in [0.717, 1.165) is 19.7 Å². The number of rotatable bonds is 7. The van der Waals surface area contributed by atoms with E-state index in [1.54, 1.807) is 0 Å². The molecule has 0 saturated heterocycles. The molecule has 0 aromatic carbocycles. The van der Waals surface area contributed by atoms with E-state index in [2.05, 4.69) is 38.2 Å². The summed E-state index contributed by atoms with van der Waals surface area (Å²) < 4.78 is 5.49. The zero-order valence-electron chi connectivity index (χ0n) is 10.7. The number of hydrogen-bond donors (Lipinski definition) is 1. The SMILES string of the molecule is CC(C)OCCNCC1(N(C)C)CCC1. The molecule has 1 saturated carbocycles. The molecule has 0 atom stereocenters. The van der Waals surface area contributed by atoms with E-state index in [1.165, 1.54) is 19.3 Å². The predicted molar refractivity (Wildman–Crippen MR) is 64.2 cm³/mol. The third-order valence-corrected chi connectivity index (χ3v) is 3.42. The van der Waals surface area contributed by atoms with Gasteiger partial charge in [0.2, 0.25) is 0 Å². The molecule has 1 N–H and O–H groups in total. The van der Waals surface area contributed by atoms with Crippen LogP contribution in [-0.4, -0.2) is 50.3 Å². The fraction of sp³-hybridized carbons (Fsp3) is 1.00. The van der Waals surface area contributed by atoms with E-state index in [0.29, 0.717) is 11.6 Å². The Kier molecular flexibility index (Phi) is 5.03. The van der Waals surface area contributed by atoms with E-state index < -0.39 is 0 Å². The third-order valence-electron chi connectivity index (χ3n) is 3.42. The molecule has 1 aliphatic carbocycles. The number of hydrogen-bond acceptors (Lipinski definition) is 3. The first kappa shape index (κ1) is 12.9. The highest BCUT2D eigenvalue weighted by molar-refractivity contribution is 4.97. The molecule has 1 fully saturated rings. The number of likely N-dealkylation sites (N-methyl/N-ethyl adjacent to an activating group) is 1.